The predicted octanol–water partition coefficient (Wildman–Crippen LogP) is -0.393. The minimum absolute atomic E-state index is 0.0189. The molecular formula is C19H27N7O2. The maximum atomic E-state index is 12.7. The van der Waals surface area contributed by atoms with Gasteiger partial charge in [-0.05, 0) is 19.5 Å². The standard InChI is InChI=1S/C19H27N7O2/c1-23-8-10-25(11-9-23)17-14(4-3-7-20-17)12-21-18(27)15-5-6-16-22-24(2)19(28)26(16)13-15/h3-4,7,15H,5-6,8-13H2,1-2H3,(H,21,27)/t15-/m0/s1. The molecule has 0 saturated carbocycles. The van der Waals surface area contributed by atoms with Gasteiger partial charge in [0.05, 0.1) is 5.92 Å². The van der Waals surface area contributed by atoms with E-state index < -0.39 is 0 Å². The van der Waals surface area contributed by atoms with Crippen LogP contribution in [0.4, 0.5) is 5.82 Å². The molecule has 2 aromatic heterocycles. The van der Waals surface area contributed by atoms with Crippen LogP contribution >= 0.6 is 0 Å². The monoisotopic (exact) mass is 385 g/mol. The van der Waals surface area contributed by atoms with Gasteiger partial charge in [0.1, 0.15) is 11.6 Å². The second-order valence-electron chi connectivity index (χ2n) is 7.66. The second-order valence-corrected chi connectivity index (χ2v) is 7.66. The fourth-order valence-corrected chi connectivity index (χ4v) is 3.95. The second kappa shape index (κ2) is 7.75. The number of amides is 1. The van der Waals surface area contributed by atoms with Crippen LogP contribution in [0.25, 0.3) is 0 Å². The third-order valence-corrected chi connectivity index (χ3v) is 5.70. The molecule has 1 N–H and O–H groups in total. The highest BCUT2D eigenvalue weighted by Gasteiger charge is 2.28. The topological polar surface area (TPSA) is 88.3 Å². The number of piperazine rings is 1. The first kappa shape index (κ1) is 18.7. The van der Waals surface area contributed by atoms with Crippen LogP contribution in [0.3, 0.4) is 0 Å². The van der Waals surface area contributed by atoms with Crippen LogP contribution < -0.4 is 15.9 Å². The highest BCUT2D eigenvalue weighted by molar-refractivity contribution is 5.78. The smallest absolute Gasteiger partial charge is 0.345 e. The Kier molecular flexibility index (Phi) is 5.17. The molecule has 9 heteroatoms. The van der Waals surface area contributed by atoms with Crippen molar-refractivity contribution in [1.29, 1.82) is 0 Å². The lowest BCUT2D eigenvalue weighted by Crippen LogP contribution is -2.45. The van der Waals surface area contributed by atoms with E-state index in [0.29, 0.717) is 25.9 Å². The lowest BCUT2D eigenvalue weighted by Gasteiger charge is -2.34. The van der Waals surface area contributed by atoms with Crippen LogP contribution in [0, 0.1) is 5.92 Å². The lowest BCUT2D eigenvalue weighted by molar-refractivity contribution is -0.126. The summed E-state index contributed by atoms with van der Waals surface area (Å²) in [7, 11) is 3.77. The van der Waals surface area contributed by atoms with Gasteiger partial charge in [-0.3, -0.25) is 9.36 Å². The van der Waals surface area contributed by atoms with E-state index in [1.165, 1.54) is 4.68 Å². The average molecular weight is 385 g/mol. The molecule has 2 aliphatic heterocycles. The molecular weight excluding hydrogens is 358 g/mol. The summed E-state index contributed by atoms with van der Waals surface area (Å²) < 4.78 is 2.96. The van der Waals surface area contributed by atoms with Crippen molar-refractivity contribution < 1.29 is 4.79 Å². The Bertz CT molecular complexity index is 911. The highest BCUT2D eigenvalue weighted by Crippen LogP contribution is 2.20. The van der Waals surface area contributed by atoms with Gasteiger partial charge < -0.3 is 15.1 Å². The molecule has 0 bridgehead atoms. The number of aromatic nitrogens is 4. The molecule has 2 aromatic rings. The van der Waals surface area contributed by atoms with E-state index in [0.717, 1.165) is 43.4 Å². The fraction of sp³-hybridized carbons (Fsp3) is 0.579. The number of nitrogens with zero attached hydrogens (tertiary/aromatic N) is 6. The molecule has 1 saturated heterocycles. The Morgan fingerprint density at radius 2 is 2.04 bits per heavy atom. The van der Waals surface area contributed by atoms with Crippen molar-refractivity contribution in [2.45, 2.75) is 25.9 Å². The normalized spacial score (nSPS) is 20.1. The zero-order valence-electron chi connectivity index (χ0n) is 16.5. The summed E-state index contributed by atoms with van der Waals surface area (Å²) in [5.41, 5.74) is 0.868. The number of likely N-dealkylation sites (N-methyl/N-ethyl adjacent to an activating group) is 1. The van der Waals surface area contributed by atoms with E-state index >= 15 is 0 Å². The Balaban J connectivity index is 1.40. The quantitative estimate of drug-likeness (QED) is 0.771. The van der Waals surface area contributed by atoms with Crippen molar-refractivity contribution in [3.05, 3.63) is 40.2 Å². The van der Waals surface area contributed by atoms with Gasteiger partial charge in [-0.15, -0.1) is 0 Å². The molecule has 0 aliphatic carbocycles. The molecule has 9 nitrogen and oxygen atoms in total. The van der Waals surface area contributed by atoms with Gasteiger partial charge in [0.15, 0.2) is 0 Å². The summed E-state index contributed by atoms with van der Waals surface area (Å²) in [4.78, 5) is 34.0. The third-order valence-electron chi connectivity index (χ3n) is 5.70. The molecule has 4 rings (SSSR count). The van der Waals surface area contributed by atoms with Crippen LogP contribution in [-0.2, 0) is 31.4 Å². The zero-order valence-corrected chi connectivity index (χ0v) is 16.5. The van der Waals surface area contributed by atoms with Crippen LogP contribution in [-0.4, -0.2) is 63.4 Å². The Morgan fingerprint density at radius 3 is 2.82 bits per heavy atom. The summed E-state index contributed by atoms with van der Waals surface area (Å²) in [5.74, 6) is 1.49. The van der Waals surface area contributed by atoms with E-state index in [1.807, 2.05) is 12.1 Å². The SMILES string of the molecule is CN1CCN(c2ncccc2CNC(=O)[C@H]2CCc3nn(C)c(=O)n3C2)CC1. The van der Waals surface area contributed by atoms with Crippen molar-refractivity contribution in [2.24, 2.45) is 13.0 Å². The van der Waals surface area contributed by atoms with Crippen LogP contribution in [0.15, 0.2) is 23.1 Å². The first-order chi connectivity index (χ1) is 13.5. The van der Waals surface area contributed by atoms with Gasteiger partial charge in [0, 0.05) is 64.5 Å². The zero-order chi connectivity index (χ0) is 19.7. The third kappa shape index (κ3) is 3.66. The van der Waals surface area contributed by atoms with Gasteiger partial charge in [-0.25, -0.2) is 14.5 Å². The minimum atomic E-state index is -0.210. The molecule has 4 heterocycles. The number of pyridine rings is 1. The van der Waals surface area contributed by atoms with E-state index in [1.54, 1.807) is 17.8 Å². The summed E-state index contributed by atoms with van der Waals surface area (Å²) in [5, 5.41) is 7.28. The maximum Gasteiger partial charge on any atom is 0.345 e. The van der Waals surface area contributed by atoms with Crippen molar-refractivity contribution in [1.82, 2.24) is 29.5 Å². The number of nitrogens with one attached hydrogen (secondary N) is 1. The number of fused-ring (bicyclic) bond motifs is 1. The molecule has 1 atom stereocenters. The molecule has 2 aliphatic rings. The molecule has 1 amide bonds. The maximum absolute atomic E-state index is 12.7. The number of carbonyl (C=O) groups is 1. The number of hydrogen-bond donors (Lipinski definition) is 1. The van der Waals surface area contributed by atoms with Gasteiger partial charge in [0.25, 0.3) is 0 Å². The van der Waals surface area contributed by atoms with Crippen molar-refractivity contribution in [3.8, 4) is 0 Å². The van der Waals surface area contributed by atoms with Gasteiger partial charge in [-0.1, -0.05) is 6.07 Å². The summed E-state index contributed by atoms with van der Waals surface area (Å²) >= 11 is 0. The van der Waals surface area contributed by atoms with E-state index in [4.69, 9.17) is 0 Å². The predicted molar refractivity (Wildman–Crippen MR) is 105 cm³/mol. The van der Waals surface area contributed by atoms with Gasteiger partial charge in [-0.2, -0.15) is 5.10 Å². The molecule has 0 aromatic carbocycles. The number of aryl methyl sites for hydroxylation is 2. The van der Waals surface area contributed by atoms with Crippen LogP contribution in [0.1, 0.15) is 17.8 Å². The molecule has 0 radical (unpaired) electrons. The Labute approximate surface area is 164 Å². The number of carbonyl (C=O) groups excluding carboxylic acids is 1. The van der Waals surface area contributed by atoms with Gasteiger partial charge >= 0.3 is 5.69 Å². The van der Waals surface area contributed by atoms with Crippen molar-refractivity contribution in [3.63, 3.8) is 0 Å². The van der Waals surface area contributed by atoms with Crippen LogP contribution in [0.2, 0.25) is 0 Å². The molecule has 28 heavy (non-hydrogen) atoms. The summed E-state index contributed by atoms with van der Waals surface area (Å²) in [6, 6.07) is 3.93. The van der Waals surface area contributed by atoms with E-state index in [9.17, 15) is 9.59 Å². The first-order valence-electron chi connectivity index (χ1n) is 9.80. The average Bonchev–Trinajstić information content (AvgIpc) is 3.00. The number of anilines is 1. The number of hydrogen-bond acceptors (Lipinski definition) is 6. The lowest BCUT2D eigenvalue weighted by atomic mass is 9.98. The summed E-state index contributed by atoms with van der Waals surface area (Å²) in [6.45, 7) is 4.72. The summed E-state index contributed by atoms with van der Waals surface area (Å²) in [6.07, 6.45) is 3.16. The van der Waals surface area contributed by atoms with Crippen molar-refractivity contribution in [2.75, 3.05) is 38.1 Å². The largest absolute Gasteiger partial charge is 0.354 e. The highest BCUT2D eigenvalue weighted by atomic mass is 16.2. The van der Waals surface area contributed by atoms with Gasteiger partial charge in [0.2, 0.25) is 5.91 Å². The van der Waals surface area contributed by atoms with Crippen molar-refractivity contribution >= 4 is 11.7 Å². The fourth-order valence-electron chi connectivity index (χ4n) is 3.95. The molecule has 150 valence electrons. The van der Waals surface area contributed by atoms with Crippen LogP contribution in [0.5, 0.6) is 0 Å². The molecule has 0 unspecified atom stereocenters. The first-order valence-corrected chi connectivity index (χ1v) is 9.80. The minimum Gasteiger partial charge on any atom is -0.354 e. The number of rotatable bonds is 4. The Hall–Kier alpha value is -2.68. The Morgan fingerprint density at radius 1 is 1.25 bits per heavy atom. The molecule has 1 fully saturated rings. The van der Waals surface area contributed by atoms with E-state index in [2.05, 4.69) is 32.2 Å². The van der Waals surface area contributed by atoms with E-state index in [-0.39, 0.29) is 17.5 Å². The molecule has 0 spiro atoms.